The van der Waals surface area contributed by atoms with Crippen LogP contribution < -0.4 is 5.73 Å². The Labute approximate surface area is 114 Å². The molecule has 0 atom stereocenters. The largest absolute Gasteiger partial charge is 0.369 e. The molecule has 0 saturated carbocycles. The van der Waals surface area contributed by atoms with Crippen molar-refractivity contribution in [3.8, 4) is 5.69 Å². The van der Waals surface area contributed by atoms with Gasteiger partial charge in [0.05, 0.1) is 16.7 Å². The first-order valence-electron chi connectivity index (χ1n) is 5.75. The first-order chi connectivity index (χ1) is 9.04. The lowest BCUT2D eigenvalue weighted by Gasteiger charge is -2.07. The average molecular weight is 276 g/mol. The number of hydrogen-bond donors (Lipinski definition) is 1. The summed E-state index contributed by atoms with van der Waals surface area (Å²) in [4.78, 5) is 4.28. The third-order valence-electron chi connectivity index (χ3n) is 2.94. The SMILES string of the molecule is Cc1ccc2c(c1)nc(N)n2-c1cc(F)cc(Cl)c1. The summed E-state index contributed by atoms with van der Waals surface area (Å²) in [6.45, 7) is 1.98. The fraction of sp³-hybridized carbons (Fsp3) is 0.0714. The van der Waals surface area contributed by atoms with E-state index in [9.17, 15) is 4.39 Å². The second-order valence-electron chi connectivity index (χ2n) is 4.43. The Morgan fingerprint density at radius 1 is 1.21 bits per heavy atom. The molecule has 5 heteroatoms. The van der Waals surface area contributed by atoms with Gasteiger partial charge >= 0.3 is 0 Å². The number of nitrogen functional groups attached to an aromatic ring is 1. The predicted octanol–water partition coefficient (Wildman–Crippen LogP) is 3.71. The molecule has 0 bridgehead atoms. The summed E-state index contributed by atoms with van der Waals surface area (Å²) in [5.41, 5.74) is 9.18. The molecule has 0 spiro atoms. The molecule has 2 N–H and O–H groups in total. The molecule has 0 aliphatic heterocycles. The van der Waals surface area contributed by atoms with Crippen LogP contribution in [0.5, 0.6) is 0 Å². The van der Waals surface area contributed by atoms with Crippen LogP contribution >= 0.6 is 11.6 Å². The van der Waals surface area contributed by atoms with Crippen LogP contribution in [-0.2, 0) is 0 Å². The number of hydrogen-bond acceptors (Lipinski definition) is 2. The maximum Gasteiger partial charge on any atom is 0.205 e. The Morgan fingerprint density at radius 3 is 2.74 bits per heavy atom. The molecule has 0 aliphatic rings. The van der Waals surface area contributed by atoms with Gasteiger partial charge in [0.2, 0.25) is 5.95 Å². The van der Waals surface area contributed by atoms with Crippen molar-refractivity contribution in [1.82, 2.24) is 9.55 Å². The zero-order valence-electron chi connectivity index (χ0n) is 10.2. The first-order valence-corrected chi connectivity index (χ1v) is 6.13. The maximum absolute atomic E-state index is 13.5. The number of nitrogens with two attached hydrogens (primary N) is 1. The van der Waals surface area contributed by atoms with Gasteiger partial charge in [0, 0.05) is 5.02 Å². The van der Waals surface area contributed by atoms with E-state index in [2.05, 4.69) is 4.98 Å². The molecule has 1 aromatic heterocycles. The number of halogens is 2. The summed E-state index contributed by atoms with van der Waals surface area (Å²) in [6.07, 6.45) is 0. The van der Waals surface area contributed by atoms with Crippen LogP contribution in [0.1, 0.15) is 5.56 Å². The summed E-state index contributed by atoms with van der Waals surface area (Å²) in [5, 5.41) is 0.323. The molecule has 0 unspecified atom stereocenters. The van der Waals surface area contributed by atoms with E-state index >= 15 is 0 Å². The number of nitrogens with zero attached hydrogens (tertiary/aromatic N) is 2. The topological polar surface area (TPSA) is 43.8 Å². The minimum atomic E-state index is -0.407. The number of fused-ring (bicyclic) bond motifs is 1. The van der Waals surface area contributed by atoms with Crippen molar-refractivity contribution in [3.63, 3.8) is 0 Å². The Morgan fingerprint density at radius 2 is 2.00 bits per heavy atom. The Bertz CT molecular complexity index is 759. The molecule has 3 aromatic rings. The number of imidazole rings is 1. The lowest BCUT2D eigenvalue weighted by atomic mass is 10.2. The fourth-order valence-corrected chi connectivity index (χ4v) is 2.36. The van der Waals surface area contributed by atoms with Crippen LogP contribution in [0.15, 0.2) is 36.4 Å². The van der Waals surface area contributed by atoms with Crippen LogP contribution in [0.3, 0.4) is 0 Å². The van der Waals surface area contributed by atoms with E-state index in [1.54, 1.807) is 10.6 Å². The molecular weight excluding hydrogens is 265 g/mol. The summed E-state index contributed by atoms with van der Waals surface area (Å²) >= 11 is 5.88. The van der Waals surface area contributed by atoms with Gasteiger partial charge in [-0.25, -0.2) is 9.37 Å². The number of rotatable bonds is 1. The van der Waals surface area contributed by atoms with Crippen molar-refractivity contribution in [2.75, 3.05) is 5.73 Å². The summed E-state index contributed by atoms with van der Waals surface area (Å²) in [7, 11) is 0. The van der Waals surface area contributed by atoms with Gasteiger partial charge in [0.25, 0.3) is 0 Å². The number of aryl methyl sites for hydroxylation is 1. The molecule has 19 heavy (non-hydrogen) atoms. The summed E-state index contributed by atoms with van der Waals surface area (Å²) < 4.78 is 15.1. The predicted molar refractivity (Wildman–Crippen MR) is 75.2 cm³/mol. The molecule has 3 nitrogen and oxygen atoms in total. The highest BCUT2D eigenvalue weighted by molar-refractivity contribution is 6.30. The molecule has 96 valence electrons. The summed E-state index contributed by atoms with van der Waals surface area (Å²) in [5.74, 6) is -0.0990. The highest BCUT2D eigenvalue weighted by Gasteiger charge is 2.11. The number of aromatic nitrogens is 2. The monoisotopic (exact) mass is 275 g/mol. The quantitative estimate of drug-likeness (QED) is 0.736. The van der Waals surface area contributed by atoms with E-state index in [1.807, 2.05) is 25.1 Å². The van der Waals surface area contributed by atoms with E-state index in [4.69, 9.17) is 17.3 Å². The molecule has 2 aromatic carbocycles. The Hall–Kier alpha value is -2.07. The van der Waals surface area contributed by atoms with Gasteiger partial charge in [-0.2, -0.15) is 0 Å². The fourth-order valence-electron chi connectivity index (χ4n) is 2.15. The van der Waals surface area contributed by atoms with Crippen molar-refractivity contribution in [2.45, 2.75) is 6.92 Å². The van der Waals surface area contributed by atoms with E-state index in [0.717, 1.165) is 16.6 Å². The lowest BCUT2D eigenvalue weighted by Crippen LogP contribution is -2.01. The zero-order chi connectivity index (χ0) is 13.6. The van der Waals surface area contributed by atoms with Crippen molar-refractivity contribution in [3.05, 3.63) is 52.8 Å². The van der Waals surface area contributed by atoms with Crippen molar-refractivity contribution in [2.24, 2.45) is 0 Å². The third-order valence-corrected chi connectivity index (χ3v) is 3.16. The lowest BCUT2D eigenvalue weighted by molar-refractivity contribution is 0.627. The van der Waals surface area contributed by atoms with Crippen LogP contribution in [0.25, 0.3) is 16.7 Å². The van der Waals surface area contributed by atoms with E-state index in [1.165, 1.54) is 12.1 Å². The van der Waals surface area contributed by atoms with Crippen molar-refractivity contribution in [1.29, 1.82) is 0 Å². The molecular formula is C14H11ClFN3. The molecule has 0 aliphatic carbocycles. The molecule has 0 radical (unpaired) electrons. The second-order valence-corrected chi connectivity index (χ2v) is 4.86. The zero-order valence-corrected chi connectivity index (χ0v) is 10.9. The Balaban J connectivity index is 2.32. The maximum atomic E-state index is 13.5. The van der Waals surface area contributed by atoms with Crippen molar-refractivity contribution >= 4 is 28.6 Å². The van der Waals surface area contributed by atoms with E-state index < -0.39 is 5.82 Å². The van der Waals surface area contributed by atoms with Gasteiger partial charge in [-0.1, -0.05) is 17.7 Å². The smallest absolute Gasteiger partial charge is 0.205 e. The van der Waals surface area contributed by atoms with Crippen LogP contribution in [0.2, 0.25) is 5.02 Å². The molecule has 0 amide bonds. The van der Waals surface area contributed by atoms with E-state index in [-0.39, 0.29) is 0 Å². The minimum absolute atomic E-state index is 0.308. The van der Waals surface area contributed by atoms with Crippen molar-refractivity contribution < 1.29 is 4.39 Å². The van der Waals surface area contributed by atoms with Gasteiger partial charge in [0.1, 0.15) is 5.82 Å². The molecule has 3 rings (SSSR count). The standard InChI is InChI=1S/C14H11ClFN3/c1-8-2-3-13-12(4-8)18-14(17)19(13)11-6-9(15)5-10(16)7-11/h2-7H,1H3,(H2,17,18). The minimum Gasteiger partial charge on any atom is -0.369 e. The van der Waals surface area contributed by atoms with Gasteiger partial charge in [-0.15, -0.1) is 0 Å². The normalized spacial score (nSPS) is 11.1. The van der Waals surface area contributed by atoms with Crippen LogP contribution in [0.4, 0.5) is 10.3 Å². The number of benzene rings is 2. The summed E-state index contributed by atoms with van der Waals surface area (Å²) in [6, 6.07) is 10.1. The molecule has 0 fully saturated rings. The molecule has 0 saturated heterocycles. The van der Waals surface area contributed by atoms with Gasteiger partial charge in [-0.3, -0.25) is 4.57 Å². The highest BCUT2D eigenvalue weighted by Crippen LogP contribution is 2.26. The van der Waals surface area contributed by atoms with Gasteiger partial charge in [0.15, 0.2) is 0 Å². The van der Waals surface area contributed by atoms with Gasteiger partial charge in [-0.05, 0) is 42.8 Å². The third kappa shape index (κ3) is 2.04. The van der Waals surface area contributed by atoms with Crippen LogP contribution in [0, 0.1) is 12.7 Å². The van der Waals surface area contributed by atoms with Gasteiger partial charge < -0.3 is 5.73 Å². The first kappa shape index (κ1) is 12.0. The number of anilines is 1. The molecule has 1 heterocycles. The second kappa shape index (κ2) is 4.24. The average Bonchev–Trinajstić information content (AvgIpc) is 2.62. The Kier molecular flexibility index (Phi) is 2.68. The highest BCUT2D eigenvalue weighted by atomic mass is 35.5. The van der Waals surface area contributed by atoms with Crippen LogP contribution in [-0.4, -0.2) is 9.55 Å². The van der Waals surface area contributed by atoms with E-state index in [0.29, 0.717) is 16.7 Å².